The zero-order valence-electron chi connectivity index (χ0n) is 11.0. The van der Waals surface area contributed by atoms with Gasteiger partial charge in [0.2, 0.25) is 0 Å². The lowest BCUT2D eigenvalue weighted by molar-refractivity contribution is -0.141. The molecule has 1 fully saturated rings. The molecule has 1 aromatic heterocycles. The minimum absolute atomic E-state index is 0.224. The standard InChI is InChI=1S/C12H17N3O3S/c1-8-10(19-7-13-8)6-14(2)12(18)15-5-3-4-9(15)11(16)17/h7,9H,3-6H2,1-2H3,(H,16,17)/t9-/m0/s1. The number of aliphatic carboxylic acids is 1. The molecule has 0 radical (unpaired) electrons. The number of thiazole rings is 1. The van der Waals surface area contributed by atoms with Crippen molar-refractivity contribution in [2.24, 2.45) is 0 Å². The molecular formula is C12H17N3O3S. The van der Waals surface area contributed by atoms with Crippen LogP contribution in [0.15, 0.2) is 5.51 Å². The summed E-state index contributed by atoms with van der Waals surface area (Å²) in [5, 5.41) is 9.09. The van der Waals surface area contributed by atoms with Gasteiger partial charge in [-0.1, -0.05) is 0 Å². The summed E-state index contributed by atoms with van der Waals surface area (Å²) in [6, 6.07) is -0.907. The highest BCUT2D eigenvalue weighted by Gasteiger charge is 2.35. The Morgan fingerprint density at radius 2 is 2.37 bits per heavy atom. The predicted octanol–water partition coefficient (Wildman–Crippen LogP) is 1.55. The van der Waals surface area contributed by atoms with Gasteiger partial charge >= 0.3 is 12.0 Å². The highest BCUT2D eigenvalue weighted by molar-refractivity contribution is 7.09. The van der Waals surface area contributed by atoms with E-state index in [1.165, 1.54) is 16.2 Å². The second-order valence-corrected chi connectivity index (χ2v) is 5.63. The number of aromatic nitrogens is 1. The molecule has 0 spiro atoms. The third kappa shape index (κ3) is 2.86. The number of amides is 2. The summed E-state index contributed by atoms with van der Waals surface area (Å²) in [5.74, 6) is -0.923. The normalized spacial score (nSPS) is 18.6. The molecule has 0 unspecified atom stereocenters. The number of hydrogen-bond donors (Lipinski definition) is 1. The van der Waals surface area contributed by atoms with E-state index < -0.39 is 12.0 Å². The predicted molar refractivity (Wildman–Crippen MR) is 71.1 cm³/mol. The van der Waals surface area contributed by atoms with Crippen LogP contribution in [0, 0.1) is 6.92 Å². The van der Waals surface area contributed by atoms with Crippen molar-refractivity contribution in [1.82, 2.24) is 14.8 Å². The number of carboxylic acids is 1. The van der Waals surface area contributed by atoms with Gasteiger partial charge in [-0.3, -0.25) is 0 Å². The fourth-order valence-corrected chi connectivity index (χ4v) is 3.06. The maximum atomic E-state index is 12.3. The van der Waals surface area contributed by atoms with Crippen molar-refractivity contribution in [2.75, 3.05) is 13.6 Å². The molecule has 0 aliphatic carbocycles. The summed E-state index contributed by atoms with van der Waals surface area (Å²) in [5.41, 5.74) is 2.67. The number of hydrogen-bond acceptors (Lipinski definition) is 4. The van der Waals surface area contributed by atoms with Crippen molar-refractivity contribution in [3.8, 4) is 0 Å². The van der Waals surface area contributed by atoms with E-state index >= 15 is 0 Å². The van der Waals surface area contributed by atoms with Gasteiger partial charge in [0.05, 0.1) is 17.7 Å². The number of carbonyl (C=O) groups excluding carboxylic acids is 1. The van der Waals surface area contributed by atoms with Crippen LogP contribution in [0.4, 0.5) is 4.79 Å². The maximum absolute atomic E-state index is 12.3. The zero-order valence-corrected chi connectivity index (χ0v) is 11.8. The van der Waals surface area contributed by atoms with Crippen LogP contribution < -0.4 is 0 Å². The molecule has 1 saturated heterocycles. The maximum Gasteiger partial charge on any atom is 0.326 e. The van der Waals surface area contributed by atoms with Gasteiger partial charge in [-0.25, -0.2) is 14.6 Å². The summed E-state index contributed by atoms with van der Waals surface area (Å²) < 4.78 is 0. The Balaban J connectivity index is 2.03. The molecule has 6 nitrogen and oxygen atoms in total. The van der Waals surface area contributed by atoms with Crippen LogP contribution in [0.25, 0.3) is 0 Å². The number of likely N-dealkylation sites (tertiary alicyclic amines) is 1. The molecule has 0 saturated carbocycles. The van der Waals surface area contributed by atoms with E-state index in [0.29, 0.717) is 19.5 Å². The number of urea groups is 1. The molecule has 1 atom stereocenters. The highest BCUT2D eigenvalue weighted by atomic mass is 32.1. The van der Waals surface area contributed by atoms with Gasteiger partial charge in [-0.05, 0) is 19.8 Å². The van der Waals surface area contributed by atoms with Gasteiger partial charge in [0.15, 0.2) is 0 Å². The first-order valence-corrected chi connectivity index (χ1v) is 7.02. The minimum atomic E-state index is -0.923. The second-order valence-electron chi connectivity index (χ2n) is 4.69. The van der Waals surface area contributed by atoms with E-state index in [0.717, 1.165) is 17.0 Å². The average molecular weight is 283 g/mol. The molecule has 2 heterocycles. The topological polar surface area (TPSA) is 73.7 Å². The molecule has 1 aliphatic rings. The molecule has 0 bridgehead atoms. The highest BCUT2D eigenvalue weighted by Crippen LogP contribution is 2.21. The summed E-state index contributed by atoms with van der Waals surface area (Å²) >= 11 is 1.51. The molecule has 104 valence electrons. The number of carboxylic acid groups (broad SMARTS) is 1. The Bertz CT molecular complexity index is 488. The van der Waals surface area contributed by atoms with E-state index in [1.807, 2.05) is 6.92 Å². The summed E-state index contributed by atoms with van der Waals surface area (Å²) in [7, 11) is 1.69. The Hall–Kier alpha value is -1.63. The quantitative estimate of drug-likeness (QED) is 0.913. The van der Waals surface area contributed by atoms with Gasteiger partial charge in [-0.15, -0.1) is 11.3 Å². The van der Waals surface area contributed by atoms with Crippen molar-refractivity contribution < 1.29 is 14.7 Å². The minimum Gasteiger partial charge on any atom is -0.480 e. The van der Waals surface area contributed by atoms with Gasteiger partial charge in [-0.2, -0.15) is 0 Å². The van der Waals surface area contributed by atoms with E-state index in [2.05, 4.69) is 4.98 Å². The largest absolute Gasteiger partial charge is 0.480 e. The van der Waals surface area contributed by atoms with Crippen LogP contribution in [-0.2, 0) is 11.3 Å². The summed E-state index contributed by atoms with van der Waals surface area (Å²) in [4.78, 5) is 31.5. The van der Waals surface area contributed by atoms with Crippen LogP contribution in [0.5, 0.6) is 0 Å². The van der Waals surface area contributed by atoms with Crippen LogP contribution in [-0.4, -0.2) is 51.5 Å². The average Bonchev–Trinajstić information content (AvgIpc) is 2.98. The Kier molecular flexibility index (Phi) is 4.04. The smallest absolute Gasteiger partial charge is 0.326 e. The number of aryl methyl sites for hydroxylation is 1. The lowest BCUT2D eigenvalue weighted by Gasteiger charge is -2.27. The molecule has 2 rings (SSSR count). The lowest BCUT2D eigenvalue weighted by atomic mass is 10.2. The van der Waals surface area contributed by atoms with Gasteiger partial charge in [0.25, 0.3) is 0 Å². The second kappa shape index (κ2) is 5.56. The third-order valence-electron chi connectivity index (χ3n) is 3.34. The van der Waals surface area contributed by atoms with Crippen LogP contribution in [0.2, 0.25) is 0 Å². The van der Waals surface area contributed by atoms with Gasteiger partial charge in [0.1, 0.15) is 6.04 Å². The van der Waals surface area contributed by atoms with Crippen LogP contribution in [0.3, 0.4) is 0 Å². The Morgan fingerprint density at radius 1 is 1.63 bits per heavy atom. The van der Waals surface area contributed by atoms with E-state index in [1.54, 1.807) is 17.5 Å². The van der Waals surface area contributed by atoms with E-state index in [-0.39, 0.29) is 6.03 Å². The first-order valence-electron chi connectivity index (χ1n) is 6.14. The van der Waals surface area contributed by atoms with Gasteiger partial charge in [0, 0.05) is 18.5 Å². The first kappa shape index (κ1) is 13.8. The van der Waals surface area contributed by atoms with Crippen molar-refractivity contribution >= 4 is 23.3 Å². The fraction of sp³-hybridized carbons (Fsp3) is 0.583. The monoisotopic (exact) mass is 283 g/mol. The van der Waals surface area contributed by atoms with Crippen molar-refractivity contribution in [2.45, 2.75) is 32.4 Å². The molecule has 0 aromatic carbocycles. The van der Waals surface area contributed by atoms with E-state index in [4.69, 9.17) is 5.11 Å². The van der Waals surface area contributed by atoms with Crippen molar-refractivity contribution in [3.63, 3.8) is 0 Å². The SMILES string of the molecule is Cc1ncsc1CN(C)C(=O)N1CCC[C@H]1C(=O)O. The number of rotatable bonds is 3. The zero-order chi connectivity index (χ0) is 14.0. The van der Waals surface area contributed by atoms with Gasteiger partial charge < -0.3 is 14.9 Å². The summed E-state index contributed by atoms with van der Waals surface area (Å²) in [6.07, 6.45) is 1.28. The van der Waals surface area contributed by atoms with Crippen LogP contribution in [0.1, 0.15) is 23.4 Å². The van der Waals surface area contributed by atoms with E-state index in [9.17, 15) is 9.59 Å². The van der Waals surface area contributed by atoms with Crippen molar-refractivity contribution in [1.29, 1.82) is 0 Å². The van der Waals surface area contributed by atoms with Crippen molar-refractivity contribution in [3.05, 3.63) is 16.1 Å². The van der Waals surface area contributed by atoms with Crippen LogP contribution >= 0.6 is 11.3 Å². The summed E-state index contributed by atoms with van der Waals surface area (Å²) in [6.45, 7) is 2.89. The molecule has 1 aromatic rings. The lowest BCUT2D eigenvalue weighted by Crippen LogP contribution is -2.46. The molecule has 1 N–H and O–H groups in total. The number of carbonyl (C=O) groups is 2. The molecular weight excluding hydrogens is 266 g/mol. The Morgan fingerprint density at radius 3 is 2.95 bits per heavy atom. The molecule has 1 aliphatic heterocycles. The molecule has 7 heteroatoms. The fourth-order valence-electron chi connectivity index (χ4n) is 2.23. The molecule has 19 heavy (non-hydrogen) atoms. The third-order valence-corrected chi connectivity index (χ3v) is 4.26. The molecule has 2 amide bonds. The Labute approximate surface area is 115 Å². The first-order chi connectivity index (χ1) is 9.00. The number of nitrogens with zero attached hydrogens (tertiary/aromatic N) is 3.